The van der Waals surface area contributed by atoms with E-state index < -0.39 is 12.7 Å². The second-order valence-electron chi connectivity index (χ2n) is 7.91. The Kier molecular flexibility index (Phi) is 5.88. The molecule has 0 saturated carbocycles. The Labute approximate surface area is 196 Å². The molecule has 1 heterocycles. The van der Waals surface area contributed by atoms with Crippen molar-refractivity contribution in [1.82, 2.24) is 0 Å². The topological polar surface area (TPSA) is 21.7 Å². The van der Waals surface area contributed by atoms with Crippen molar-refractivity contribution in [2.75, 3.05) is 11.4 Å². The second-order valence-corrected chi connectivity index (χ2v) is 7.91. The van der Waals surface area contributed by atoms with Crippen LogP contribution in [0.4, 0.5) is 24.5 Å². The number of anilines is 2. The second kappa shape index (κ2) is 9.14. The SMILES string of the molecule is CCN(c1ccccc1)c1ccc2c(c1)C(c1cccc(F)c1)Oc1cccc(OC(F)F)c1-2. The van der Waals surface area contributed by atoms with Gasteiger partial charge in [-0.1, -0.05) is 42.5 Å². The lowest BCUT2D eigenvalue weighted by atomic mass is 9.88. The zero-order valence-corrected chi connectivity index (χ0v) is 18.4. The van der Waals surface area contributed by atoms with Gasteiger partial charge >= 0.3 is 6.61 Å². The summed E-state index contributed by atoms with van der Waals surface area (Å²) in [5, 5.41) is 0. The zero-order chi connectivity index (χ0) is 23.7. The van der Waals surface area contributed by atoms with Crippen molar-refractivity contribution in [1.29, 1.82) is 0 Å². The minimum atomic E-state index is -2.97. The lowest BCUT2D eigenvalue weighted by molar-refractivity contribution is -0.0496. The summed E-state index contributed by atoms with van der Waals surface area (Å²) in [6.45, 7) is -0.203. The molecule has 4 aromatic rings. The number of para-hydroxylation sites is 1. The van der Waals surface area contributed by atoms with Gasteiger partial charge < -0.3 is 14.4 Å². The van der Waals surface area contributed by atoms with E-state index in [0.29, 0.717) is 29.0 Å². The quantitative estimate of drug-likeness (QED) is 0.293. The number of alkyl halides is 2. The summed E-state index contributed by atoms with van der Waals surface area (Å²) in [5.41, 5.74) is 4.47. The number of hydrogen-bond donors (Lipinski definition) is 0. The van der Waals surface area contributed by atoms with E-state index in [1.54, 1.807) is 24.3 Å². The van der Waals surface area contributed by atoms with Gasteiger partial charge in [0.15, 0.2) is 0 Å². The highest BCUT2D eigenvalue weighted by Crippen LogP contribution is 2.50. The largest absolute Gasteiger partial charge is 0.480 e. The third kappa shape index (κ3) is 4.07. The number of benzene rings is 4. The Balaban J connectivity index is 1.70. The van der Waals surface area contributed by atoms with E-state index in [2.05, 4.69) is 11.8 Å². The fraction of sp³-hybridized carbons (Fsp3) is 0.143. The molecule has 0 aliphatic carbocycles. The van der Waals surface area contributed by atoms with Crippen LogP contribution in [0.15, 0.2) is 91.0 Å². The van der Waals surface area contributed by atoms with Crippen LogP contribution in [0.3, 0.4) is 0 Å². The fourth-order valence-corrected chi connectivity index (χ4v) is 4.46. The first-order valence-corrected chi connectivity index (χ1v) is 11.0. The molecule has 0 N–H and O–H groups in total. The van der Waals surface area contributed by atoms with Crippen LogP contribution in [0.5, 0.6) is 11.5 Å². The van der Waals surface area contributed by atoms with E-state index in [0.717, 1.165) is 16.9 Å². The van der Waals surface area contributed by atoms with Gasteiger partial charge in [0.25, 0.3) is 0 Å². The Morgan fingerprint density at radius 1 is 0.882 bits per heavy atom. The Bertz CT molecular complexity index is 1310. The highest BCUT2D eigenvalue weighted by Gasteiger charge is 2.31. The molecule has 1 atom stereocenters. The number of rotatable bonds is 6. The van der Waals surface area contributed by atoms with E-state index in [1.165, 1.54) is 18.2 Å². The van der Waals surface area contributed by atoms with Gasteiger partial charge in [-0.05, 0) is 66.6 Å². The first-order valence-electron chi connectivity index (χ1n) is 11.0. The molecule has 0 radical (unpaired) electrons. The maximum Gasteiger partial charge on any atom is 0.387 e. The summed E-state index contributed by atoms with van der Waals surface area (Å²) in [6.07, 6.45) is -0.616. The van der Waals surface area contributed by atoms with Gasteiger partial charge in [0.2, 0.25) is 0 Å². The van der Waals surface area contributed by atoms with E-state index in [4.69, 9.17) is 9.47 Å². The van der Waals surface area contributed by atoms with Crippen LogP contribution in [0.25, 0.3) is 11.1 Å². The normalized spacial score (nSPS) is 14.2. The van der Waals surface area contributed by atoms with Crippen LogP contribution >= 0.6 is 0 Å². The molecule has 1 unspecified atom stereocenters. The van der Waals surface area contributed by atoms with E-state index in [1.807, 2.05) is 48.5 Å². The van der Waals surface area contributed by atoms with Crippen LogP contribution < -0.4 is 14.4 Å². The molecule has 3 nitrogen and oxygen atoms in total. The lowest BCUT2D eigenvalue weighted by Crippen LogP contribution is -2.20. The third-order valence-electron chi connectivity index (χ3n) is 5.88. The van der Waals surface area contributed by atoms with Gasteiger partial charge in [0, 0.05) is 23.5 Å². The smallest absolute Gasteiger partial charge is 0.387 e. The molecule has 0 aromatic heterocycles. The summed E-state index contributed by atoms with van der Waals surface area (Å²) >= 11 is 0. The molecule has 6 heteroatoms. The molecule has 4 aromatic carbocycles. The van der Waals surface area contributed by atoms with Crippen LogP contribution in [0, 0.1) is 5.82 Å². The molecular weight excluding hydrogens is 439 g/mol. The zero-order valence-electron chi connectivity index (χ0n) is 18.4. The third-order valence-corrected chi connectivity index (χ3v) is 5.88. The summed E-state index contributed by atoms with van der Waals surface area (Å²) in [4.78, 5) is 2.14. The molecule has 34 heavy (non-hydrogen) atoms. The van der Waals surface area contributed by atoms with E-state index in [9.17, 15) is 13.2 Å². The van der Waals surface area contributed by atoms with Gasteiger partial charge in [-0.3, -0.25) is 0 Å². The van der Waals surface area contributed by atoms with Gasteiger partial charge in [0.05, 0.1) is 5.56 Å². The van der Waals surface area contributed by atoms with Gasteiger partial charge in [-0.25, -0.2) is 4.39 Å². The standard InChI is InChI=1S/C28H22F3NO2/c1-2-32(20-10-4-3-5-11-20)21-14-15-22-23(17-21)27(18-8-6-9-19(29)16-18)33-24-12-7-13-25(26(22)24)34-28(30)31/h3-17,27-28H,2H2,1H3. The lowest BCUT2D eigenvalue weighted by Gasteiger charge is -2.32. The molecule has 0 amide bonds. The van der Waals surface area contributed by atoms with Crippen molar-refractivity contribution in [2.24, 2.45) is 0 Å². The molecule has 172 valence electrons. The maximum absolute atomic E-state index is 14.1. The minimum Gasteiger partial charge on any atom is -0.480 e. The van der Waals surface area contributed by atoms with Crippen molar-refractivity contribution in [3.05, 3.63) is 108 Å². The molecule has 1 aliphatic rings. The van der Waals surface area contributed by atoms with Gasteiger partial charge in [-0.2, -0.15) is 8.78 Å². The average Bonchev–Trinajstić information content (AvgIpc) is 2.84. The van der Waals surface area contributed by atoms with Crippen LogP contribution in [0.2, 0.25) is 0 Å². The number of nitrogens with zero attached hydrogens (tertiary/aromatic N) is 1. The van der Waals surface area contributed by atoms with Crippen molar-refractivity contribution >= 4 is 11.4 Å². The maximum atomic E-state index is 14.1. The average molecular weight is 461 g/mol. The fourth-order valence-electron chi connectivity index (χ4n) is 4.46. The molecule has 0 bridgehead atoms. The van der Waals surface area contributed by atoms with Crippen molar-refractivity contribution < 1.29 is 22.6 Å². The molecule has 1 aliphatic heterocycles. The van der Waals surface area contributed by atoms with Crippen LogP contribution in [0.1, 0.15) is 24.2 Å². The van der Waals surface area contributed by atoms with Crippen molar-refractivity contribution in [2.45, 2.75) is 19.6 Å². The first-order chi connectivity index (χ1) is 16.5. The Hall–Kier alpha value is -3.93. The van der Waals surface area contributed by atoms with Crippen molar-refractivity contribution in [3.63, 3.8) is 0 Å². The first kappa shape index (κ1) is 21.9. The summed E-state index contributed by atoms with van der Waals surface area (Å²) < 4.78 is 51.5. The Morgan fingerprint density at radius 3 is 2.41 bits per heavy atom. The molecule has 0 saturated heterocycles. The summed E-state index contributed by atoms with van der Waals surface area (Å²) in [7, 11) is 0. The number of fused-ring (bicyclic) bond motifs is 3. The van der Waals surface area contributed by atoms with E-state index in [-0.39, 0.29) is 11.6 Å². The highest BCUT2D eigenvalue weighted by molar-refractivity contribution is 5.83. The monoisotopic (exact) mass is 461 g/mol. The predicted octanol–water partition coefficient (Wildman–Crippen LogP) is 7.73. The number of halogens is 3. The molecule has 5 rings (SSSR count). The van der Waals surface area contributed by atoms with Gasteiger partial charge in [0.1, 0.15) is 23.4 Å². The molecule has 0 fully saturated rings. The van der Waals surface area contributed by atoms with Crippen LogP contribution in [-0.2, 0) is 0 Å². The number of ether oxygens (including phenoxy) is 2. The molecular formula is C28H22F3NO2. The minimum absolute atomic E-state index is 0.0367. The Morgan fingerprint density at radius 2 is 1.68 bits per heavy atom. The number of hydrogen-bond acceptors (Lipinski definition) is 3. The van der Waals surface area contributed by atoms with E-state index >= 15 is 0 Å². The summed E-state index contributed by atoms with van der Waals surface area (Å²) in [6, 6.07) is 26.8. The van der Waals surface area contributed by atoms with Crippen LogP contribution in [-0.4, -0.2) is 13.2 Å². The summed E-state index contributed by atoms with van der Waals surface area (Å²) in [5.74, 6) is 0.0662. The predicted molar refractivity (Wildman–Crippen MR) is 127 cm³/mol. The highest BCUT2D eigenvalue weighted by atomic mass is 19.3. The van der Waals surface area contributed by atoms with Crippen molar-refractivity contribution in [3.8, 4) is 22.6 Å². The molecule has 0 spiro atoms. The van der Waals surface area contributed by atoms with Gasteiger partial charge in [-0.15, -0.1) is 0 Å².